The van der Waals surface area contributed by atoms with Gasteiger partial charge in [-0.05, 0) is 26.2 Å². The van der Waals surface area contributed by atoms with E-state index in [1.165, 1.54) is 7.11 Å². The SMILES string of the molecule is CCNC(=NCC(C)C(=O)OC)NCCC(OCC)C(C)C. The van der Waals surface area contributed by atoms with Crippen LogP contribution in [-0.4, -0.2) is 51.4 Å². The van der Waals surface area contributed by atoms with E-state index in [9.17, 15) is 4.79 Å². The highest BCUT2D eigenvalue weighted by molar-refractivity contribution is 5.80. The van der Waals surface area contributed by atoms with E-state index in [0.717, 1.165) is 32.1 Å². The summed E-state index contributed by atoms with van der Waals surface area (Å²) in [6.45, 7) is 12.9. The molecule has 0 heterocycles. The van der Waals surface area contributed by atoms with Gasteiger partial charge in [0.1, 0.15) is 0 Å². The first kappa shape index (κ1) is 20.7. The predicted octanol–water partition coefficient (Wildman–Crippen LogP) is 1.80. The second-order valence-corrected chi connectivity index (χ2v) is 5.60. The van der Waals surface area contributed by atoms with Crippen molar-refractivity contribution in [3.63, 3.8) is 0 Å². The molecule has 22 heavy (non-hydrogen) atoms. The van der Waals surface area contributed by atoms with E-state index in [1.807, 2.05) is 20.8 Å². The first-order valence-electron chi connectivity index (χ1n) is 8.17. The zero-order chi connectivity index (χ0) is 17.0. The molecule has 0 aliphatic carbocycles. The van der Waals surface area contributed by atoms with Gasteiger partial charge in [0.05, 0.1) is 25.7 Å². The average Bonchev–Trinajstić information content (AvgIpc) is 2.50. The van der Waals surface area contributed by atoms with E-state index in [-0.39, 0.29) is 18.0 Å². The molecule has 6 nitrogen and oxygen atoms in total. The molecule has 0 rings (SSSR count). The summed E-state index contributed by atoms with van der Waals surface area (Å²) in [4.78, 5) is 15.8. The summed E-state index contributed by atoms with van der Waals surface area (Å²) >= 11 is 0. The molecule has 0 bridgehead atoms. The van der Waals surface area contributed by atoms with Crippen LogP contribution in [0.25, 0.3) is 0 Å². The van der Waals surface area contributed by atoms with Gasteiger partial charge in [-0.25, -0.2) is 0 Å². The van der Waals surface area contributed by atoms with Crippen molar-refractivity contribution < 1.29 is 14.3 Å². The van der Waals surface area contributed by atoms with Crippen LogP contribution in [0, 0.1) is 11.8 Å². The van der Waals surface area contributed by atoms with E-state index in [0.29, 0.717) is 12.5 Å². The molecular formula is C16H33N3O3. The number of carbonyl (C=O) groups excluding carboxylic acids is 1. The van der Waals surface area contributed by atoms with Gasteiger partial charge in [-0.15, -0.1) is 0 Å². The first-order valence-corrected chi connectivity index (χ1v) is 8.17. The van der Waals surface area contributed by atoms with Gasteiger partial charge in [-0.1, -0.05) is 20.8 Å². The molecule has 0 saturated carbocycles. The Morgan fingerprint density at radius 2 is 1.86 bits per heavy atom. The first-order chi connectivity index (χ1) is 10.5. The number of esters is 1. The number of nitrogens with one attached hydrogen (secondary N) is 2. The molecular weight excluding hydrogens is 282 g/mol. The summed E-state index contributed by atoms with van der Waals surface area (Å²) in [6, 6.07) is 0. The van der Waals surface area contributed by atoms with Crippen LogP contribution in [-0.2, 0) is 14.3 Å². The van der Waals surface area contributed by atoms with Crippen molar-refractivity contribution >= 4 is 11.9 Å². The number of nitrogens with zero attached hydrogens (tertiary/aromatic N) is 1. The Balaban J connectivity index is 4.36. The largest absolute Gasteiger partial charge is 0.469 e. The normalized spacial score (nSPS) is 14.6. The van der Waals surface area contributed by atoms with Crippen LogP contribution in [0.1, 0.15) is 41.0 Å². The van der Waals surface area contributed by atoms with Gasteiger partial charge in [0, 0.05) is 19.7 Å². The van der Waals surface area contributed by atoms with Crippen molar-refractivity contribution in [1.82, 2.24) is 10.6 Å². The van der Waals surface area contributed by atoms with E-state index in [4.69, 9.17) is 9.47 Å². The maximum absolute atomic E-state index is 11.4. The standard InChI is InChI=1S/C16H33N3O3/c1-7-17-16(19-11-13(5)15(20)21-6)18-10-9-14(12(3)4)22-8-2/h12-14H,7-11H2,1-6H3,(H2,17,18,19). The summed E-state index contributed by atoms with van der Waals surface area (Å²) in [5.41, 5.74) is 0. The zero-order valence-electron chi connectivity index (χ0n) is 14.9. The molecule has 0 aliphatic heterocycles. The van der Waals surface area contributed by atoms with Crippen molar-refractivity contribution in [3.05, 3.63) is 0 Å². The molecule has 0 aliphatic rings. The fourth-order valence-electron chi connectivity index (χ4n) is 2.00. The molecule has 2 atom stereocenters. The van der Waals surface area contributed by atoms with Crippen molar-refractivity contribution in [2.75, 3.05) is 33.4 Å². The lowest BCUT2D eigenvalue weighted by Gasteiger charge is -2.21. The highest BCUT2D eigenvalue weighted by Crippen LogP contribution is 2.09. The number of carbonyl (C=O) groups is 1. The molecule has 6 heteroatoms. The fourth-order valence-corrected chi connectivity index (χ4v) is 2.00. The fraction of sp³-hybridized carbons (Fsp3) is 0.875. The van der Waals surface area contributed by atoms with Crippen molar-refractivity contribution in [2.45, 2.75) is 47.1 Å². The third kappa shape index (κ3) is 8.87. The molecule has 0 aromatic heterocycles. The molecule has 2 unspecified atom stereocenters. The Morgan fingerprint density at radius 1 is 1.18 bits per heavy atom. The number of rotatable bonds is 10. The van der Waals surface area contributed by atoms with Gasteiger partial charge >= 0.3 is 5.97 Å². The molecule has 0 radical (unpaired) electrons. The molecule has 0 saturated heterocycles. The van der Waals surface area contributed by atoms with Gasteiger partial charge in [-0.2, -0.15) is 0 Å². The predicted molar refractivity (Wildman–Crippen MR) is 90.0 cm³/mol. The van der Waals surface area contributed by atoms with E-state index in [1.54, 1.807) is 0 Å². The summed E-state index contributed by atoms with van der Waals surface area (Å²) < 4.78 is 10.4. The summed E-state index contributed by atoms with van der Waals surface area (Å²) in [6.07, 6.45) is 1.16. The molecule has 0 amide bonds. The molecule has 130 valence electrons. The molecule has 0 fully saturated rings. The summed E-state index contributed by atoms with van der Waals surface area (Å²) in [5.74, 6) is 0.723. The lowest BCUT2D eigenvalue weighted by Crippen LogP contribution is -2.39. The Hall–Kier alpha value is -1.30. The Morgan fingerprint density at radius 3 is 2.36 bits per heavy atom. The maximum Gasteiger partial charge on any atom is 0.310 e. The van der Waals surface area contributed by atoms with Crippen LogP contribution in [0.5, 0.6) is 0 Å². The number of hydrogen-bond acceptors (Lipinski definition) is 4. The minimum atomic E-state index is -0.243. The van der Waals surface area contributed by atoms with E-state index < -0.39 is 0 Å². The van der Waals surface area contributed by atoms with Gasteiger partial charge in [0.15, 0.2) is 5.96 Å². The second-order valence-electron chi connectivity index (χ2n) is 5.60. The van der Waals surface area contributed by atoms with Gasteiger partial charge in [0.25, 0.3) is 0 Å². The Labute approximate surface area is 135 Å². The van der Waals surface area contributed by atoms with E-state index in [2.05, 4.69) is 29.5 Å². The van der Waals surface area contributed by atoms with Crippen LogP contribution >= 0.6 is 0 Å². The highest BCUT2D eigenvalue weighted by Gasteiger charge is 2.14. The third-order valence-electron chi connectivity index (χ3n) is 3.32. The Kier molecular flexibility index (Phi) is 11.5. The number of methoxy groups -OCH3 is 1. The van der Waals surface area contributed by atoms with Gasteiger partial charge in [-0.3, -0.25) is 9.79 Å². The van der Waals surface area contributed by atoms with Crippen LogP contribution in [0.3, 0.4) is 0 Å². The number of aliphatic imine (C=N–C) groups is 1. The maximum atomic E-state index is 11.4. The average molecular weight is 315 g/mol. The highest BCUT2D eigenvalue weighted by atomic mass is 16.5. The topological polar surface area (TPSA) is 72.0 Å². The van der Waals surface area contributed by atoms with Crippen LogP contribution < -0.4 is 10.6 Å². The van der Waals surface area contributed by atoms with Crippen LogP contribution in [0.2, 0.25) is 0 Å². The number of guanidine groups is 1. The van der Waals surface area contributed by atoms with Crippen molar-refractivity contribution in [2.24, 2.45) is 16.8 Å². The number of ether oxygens (including phenoxy) is 2. The van der Waals surface area contributed by atoms with Gasteiger partial charge in [0.2, 0.25) is 0 Å². The van der Waals surface area contributed by atoms with Crippen molar-refractivity contribution in [3.8, 4) is 0 Å². The molecule has 0 spiro atoms. The smallest absolute Gasteiger partial charge is 0.310 e. The third-order valence-corrected chi connectivity index (χ3v) is 3.32. The lowest BCUT2D eigenvalue weighted by molar-refractivity contribution is -0.144. The minimum absolute atomic E-state index is 0.240. The second kappa shape index (κ2) is 12.3. The summed E-state index contributed by atoms with van der Waals surface area (Å²) in [5, 5.41) is 6.46. The van der Waals surface area contributed by atoms with Crippen LogP contribution in [0.15, 0.2) is 4.99 Å². The van der Waals surface area contributed by atoms with Crippen LogP contribution in [0.4, 0.5) is 0 Å². The van der Waals surface area contributed by atoms with Crippen molar-refractivity contribution in [1.29, 1.82) is 0 Å². The Bertz CT molecular complexity index is 333. The quantitative estimate of drug-likeness (QED) is 0.365. The monoisotopic (exact) mass is 315 g/mol. The van der Waals surface area contributed by atoms with Gasteiger partial charge < -0.3 is 20.1 Å². The molecule has 0 aromatic carbocycles. The molecule has 0 aromatic rings. The summed E-state index contributed by atoms with van der Waals surface area (Å²) in [7, 11) is 1.39. The number of hydrogen-bond donors (Lipinski definition) is 2. The zero-order valence-corrected chi connectivity index (χ0v) is 14.9. The molecule has 2 N–H and O–H groups in total. The lowest BCUT2D eigenvalue weighted by atomic mass is 10.0. The van der Waals surface area contributed by atoms with E-state index >= 15 is 0 Å². The minimum Gasteiger partial charge on any atom is -0.469 e.